The van der Waals surface area contributed by atoms with Gasteiger partial charge in [-0.05, 0) is 48.5 Å². The Balaban J connectivity index is 1.83. The van der Waals surface area contributed by atoms with Gasteiger partial charge in [-0.25, -0.2) is 0 Å². The average molecular weight is 426 g/mol. The van der Waals surface area contributed by atoms with Gasteiger partial charge < -0.3 is 15.5 Å². The monoisotopic (exact) mass is 424 g/mol. The fraction of sp³-hybridized carbons (Fsp3) is 0. The molecule has 0 unspecified atom stereocenters. The maximum absolute atomic E-state index is 12.3. The molecule has 4 nitrogen and oxygen atoms in total. The van der Waals surface area contributed by atoms with Crippen LogP contribution in [0.2, 0.25) is 10.0 Å². The van der Waals surface area contributed by atoms with E-state index < -0.39 is 5.91 Å². The number of rotatable bonds is 3. The van der Waals surface area contributed by atoms with Gasteiger partial charge in [-0.15, -0.1) is 0 Å². The Morgan fingerprint density at radius 1 is 1.04 bits per heavy atom. The summed E-state index contributed by atoms with van der Waals surface area (Å²) in [6.45, 7) is 0. The van der Waals surface area contributed by atoms with Gasteiger partial charge in [-0.3, -0.25) is 4.79 Å². The minimum Gasteiger partial charge on any atom is -0.451 e. The zero-order valence-electron chi connectivity index (χ0n) is 12.1. The van der Waals surface area contributed by atoms with Crippen LogP contribution in [0.5, 0.6) is 0 Å². The summed E-state index contributed by atoms with van der Waals surface area (Å²) in [6.07, 6.45) is 0. The summed E-state index contributed by atoms with van der Waals surface area (Å²) in [4.78, 5) is 12.3. The summed E-state index contributed by atoms with van der Waals surface area (Å²) in [6, 6.07) is 13.5. The molecule has 0 saturated carbocycles. The van der Waals surface area contributed by atoms with E-state index in [1.165, 1.54) is 0 Å². The second kappa shape index (κ2) is 6.89. The molecule has 7 heteroatoms. The van der Waals surface area contributed by atoms with Gasteiger partial charge in [-0.1, -0.05) is 39.1 Å². The fourth-order valence-electron chi connectivity index (χ4n) is 2.11. The lowest BCUT2D eigenvalue weighted by Crippen LogP contribution is -2.11. The zero-order chi connectivity index (χ0) is 17.3. The first kappa shape index (κ1) is 16.9. The summed E-state index contributed by atoms with van der Waals surface area (Å²) < 4.78 is 6.47. The van der Waals surface area contributed by atoms with Gasteiger partial charge in [0.25, 0.3) is 5.91 Å². The minimum absolute atomic E-state index is 0.150. The van der Waals surface area contributed by atoms with Crippen LogP contribution < -0.4 is 11.1 Å². The molecule has 3 aromatic rings. The van der Waals surface area contributed by atoms with Crippen molar-refractivity contribution in [3.63, 3.8) is 0 Å². The summed E-state index contributed by atoms with van der Waals surface area (Å²) in [5, 5.41) is 3.56. The van der Waals surface area contributed by atoms with E-state index in [4.69, 9.17) is 33.4 Å². The van der Waals surface area contributed by atoms with Gasteiger partial charge in [0, 0.05) is 15.7 Å². The largest absolute Gasteiger partial charge is 0.451 e. The Bertz CT molecular complexity index is 925. The molecule has 1 heterocycles. The lowest BCUT2D eigenvalue weighted by atomic mass is 10.2. The first-order valence-corrected chi connectivity index (χ1v) is 8.40. The molecule has 0 radical (unpaired) electrons. The topological polar surface area (TPSA) is 68.3 Å². The lowest BCUT2D eigenvalue weighted by molar-refractivity contribution is 0.0997. The summed E-state index contributed by atoms with van der Waals surface area (Å²) in [7, 11) is 0. The van der Waals surface area contributed by atoms with Gasteiger partial charge in [0.2, 0.25) is 0 Å². The summed E-state index contributed by atoms with van der Waals surface area (Å²) in [5.74, 6) is 0.235. The van der Waals surface area contributed by atoms with Crippen LogP contribution in [0.4, 0.5) is 11.4 Å². The second-order valence-corrected chi connectivity index (χ2v) is 6.71. The number of hydrogen-bond acceptors (Lipinski definition) is 3. The molecule has 2 aromatic carbocycles. The summed E-state index contributed by atoms with van der Waals surface area (Å²) in [5.41, 5.74) is 7.30. The second-order valence-electron chi connectivity index (χ2n) is 4.98. The smallest absolute Gasteiger partial charge is 0.291 e. The van der Waals surface area contributed by atoms with E-state index in [9.17, 15) is 4.79 Å². The zero-order valence-corrected chi connectivity index (χ0v) is 15.2. The SMILES string of the molecule is Nc1ccc(NC(=O)c2ccc(-c3ccc(Br)cc3Cl)o2)c(Cl)c1. The first-order valence-electron chi connectivity index (χ1n) is 6.85. The van der Waals surface area contributed by atoms with Crippen LogP contribution in [-0.4, -0.2) is 5.91 Å². The highest BCUT2D eigenvalue weighted by atomic mass is 79.9. The van der Waals surface area contributed by atoms with E-state index in [1.807, 2.05) is 12.1 Å². The predicted molar refractivity (Wildman–Crippen MR) is 101 cm³/mol. The number of hydrogen-bond donors (Lipinski definition) is 2. The van der Waals surface area contributed by atoms with Gasteiger partial charge in [-0.2, -0.15) is 0 Å². The average Bonchev–Trinajstić information content (AvgIpc) is 3.00. The van der Waals surface area contributed by atoms with Crippen LogP contribution in [0, 0.1) is 0 Å². The third-order valence-electron chi connectivity index (χ3n) is 3.27. The van der Waals surface area contributed by atoms with E-state index in [1.54, 1.807) is 36.4 Å². The number of halogens is 3. The molecule has 0 spiro atoms. The molecule has 122 valence electrons. The van der Waals surface area contributed by atoms with Gasteiger partial charge in [0.1, 0.15) is 5.76 Å². The Kier molecular flexibility index (Phi) is 4.85. The van der Waals surface area contributed by atoms with E-state index in [0.717, 1.165) is 4.47 Å². The number of nitrogens with one attached hydrogen (secondary N) is 1. The number of nitrogens with two attached hydrogens (primary N) is 1. The van der Waals surface area contributed by atoms with Crippen LogP contribution in [-0.2, 0) is 0 Å². The van der Waals surface area contributed by atoms with Gasteiger partial charge >= 0.3 is 0 Å². The highest BCUT2D eigenvalue weighted by Crippen LogP contribution is 2.32. The number of amides is 1. The molecule has 24 heavy (non-hydrogen) atoms. The number of carbonyl (C=O) groups excluding carboxylic acids is 1. The van der Waals surface area contributed by atoms with E-state index in [0.29, 0.717) is 32.7 Å². The highest BCUT2D eigenvalue weighted by Gasteiger charge is 2.15. The fourth-order valence-corrected chi connectivity index (χ4v) is 3.11. The first-order chi connectivity index (χ1) is 11.4. The van der Waals surface area contributed by atoms with Crippen LogP contribution in [0.3, 0.4) is 0 Å². The molecule has 0 aliphatic rings. The Morgan fingerprint density at radius 2 is 1.83 bits per heavy atom. The maximum Gasteiger partial charge on any atom is 0.291 e. The molecular weight excluding hydrogens is 415 g/mol. The number of benzene rings is 2. The van der Waals surface area contributed by atoms with Gasteiger partial charge in [0.05, 0.1) is 15.7 Å². The Labute approximate surface area is 156 Å². The predicted octanol–water partition coefficient (Wildman–Crippen LogP) is 5.85. The Morgan fingerprint density at radius 3 is 2.54 bits per heavy atom. The minimum atomic E-state index is -0.416. The normalized spacial score (nSPS) is 10.6. The molecule has 0 atom stereocenters. The van der Waals surface area contributed by atoms with Crippen molar-refractivity contribution in [2.75, 3.05) is 11.1 Å². The number of nitrogen functional groups attached to an aromatic ring is 1. The van der Waals surface area contributed by atoms with Crippen molar-refractivity contribution in [2.24, 2.45) is 0 Å². The van der Waals surface area contributed by atoms with Crippen molar-refractivity contribution >= 4 is 56.4 Å². The van der Waals surface area contributed by atoms with Crippen LogP contribution in [0.1, 0.15) is 10.6 Å². The molecular formula is C17H11BrCl2N2O2. The molecule has 1 aromatic heterocycles. The molecule has 3 rings (SSSR count). The van der Waals surface area contributed by atoms with Crippen LogP contribution in [0.25, 0.3) is 11.3 Å². The standard InChI is InChI=1S/C17H11BrCl2N2O2/c18-9-1-3-11(12(19)7-9)15-5-6-16(24-15)17(23)22-14-4-2-10(21)8-13(14)20/h1-8H,21H2,(H,22,23). The molecule has 0 aliphatic heterocycles. The summed E-state index contributed by atoms with van der Waals surface area (Å²) >= 11 is 15.6. The van der Waals surface area contributed by atoms with Crippen molar-refractivity contribution in [3.05, 3.63) is 68.8 Å². The molecule has 3 N–H and O–H groups in total. The Hall–Kier alpha value is -1.95. The molecule has 0 bridgehead atoms. The van der Waals surface area contributed by atoms with Crippen LogP contribution in [0.15, 0.2) is 57.4 Å². The van der Waals surface area contributed by atoms with Crippen molar-refractivity contribution in [1.29, 1.82) is 0 Å². The van der Waals surface area contributed by atoms with E-state index in [-0.39, 0.29) is 5.76 Å². The van der Waals surface area contributed by atoms with Crippen molar-refractivity contribution in [3.8, 4) is 11.3 Å². The maximum atomic E-state index is 12.3. The van der Waals surface area contributed by atoms with E-state index >= 15 is 0 Å². The van der Waals surface area contributed by atoms with Crippen molar-refractivity contribution in [2.45, 2.75) is 0 Å². The van der Waals surface area contributed by atoms with Gasteiger partial charge in [0.15, 0.2) is 5.76 Å². The number of carbonyl (C=O) groups is 1. The van der Waals surface area contributed by atoms with Crippen LogP contribution >= 0.6 is 39.1 Å². The highest BCUT2D eigenvalue weighted by molar-refractivity contribution is 9.10. The molecule has 0 aliphatic carbocycles. The lowest BCUT2D eigenvalue weighted by Gasteiger charge is -2.06. The van der Waals surface area contributed by atoms with Crippen molar-refractivity contribution in [1.82, 2.24) is 0 Å². The number of furan rings is 1. The third-order valence-corrected chi connectivity index (χ3v) is 4.39. The molecule has 0 saturated heterocycles. The van der Waals surface area contributed by atoms with Crippen molar-refractivity contribution < 1.29 is 9.21 Å². The number of anilines is 2. The third kappa shape index (κ3) is 3.59. The molecule has 0 fully saturated rings. The molecule has 1 amide bonds. The quantitative estimate of drug-likeness (QED) is 0.517. The van der Waals surface area contributed by atoms with E-state index in [2.05, 4.69) is 21.2 Å².